The van der Waals surface area contributed by atoms with Crippen LogP contribution in [-0.4, -0.2) is 14.8 Å². The molecule has 0 fully saturated rings. The molecular formula is C23H25N3O3S. The lowest BCUT2D eigenvalue weighted by Crippen LogP contribution is -2.03. The second-order valence-electron chi connectivity index (χ2n) is 7.68. The number of fused-ring (bicyclic) bond motifs is 1. The number of benzene rings is 1. The minimum Gasteiger partial charge on any atom is -0.469 e. The van der Waals surface area contributed by atoms with Crippen molar-refractivity contribution in [1.29, 1.82) is 0 Å². The van der Waals surface area contributed by atoms with Gasteiger partial charge in [-0.2, -0.15) is 0 Å². The summed E-state index contributed by atoms with van der Waals surface area (Å²) in [5.41, 5.74) is 4.58. The van der Waals surface area contributed by atoms with Gasteiger partial charge in [-0.25, -0.2) is 4.79 Å². The summed E-state index contributed by atoms with van der Waals surface area (Å²) in [5, 5.41) is 10.6. The van der Waals surface area contributed by atoms with Crippen LogP contribution in [0.2, 0.25) is 0 Å². The molecule has 0 radical (unpaired) electrons. The lowest BCUT2D eigenvalue weighted by molar-refractivity contribution is 0.534. The highest BCUT2D eigenvalue weighted by molar-refractivity contribution is 7.98. The predicted octanol–water partition coefficient (Wildman–Crippen LogP) is 5.70. The summed E-state index contributed by atoms with van der Waals surface area (Å²) >= 11 is 1.57. The van der Waals surface area contributed by atoms with Gasteiger partial charge in [0.05, 0.1) is 11.8 Å². The maximum absolute atomic E-state index is 12.1. The molecule has 30 heavy (non-hydrogen) atoms. The van der Waals surface area contributed by atoms with E-state index in [9.17, 15) is 4.79 Å². The van der Waals surface area contributed by atoms with Crippen LogP contribution in [0.1, 0.15) is 49.1 Å². The molecular weight excluding hydrogens is 398 g/mol. The summed E-state index contributed by atoms with van der Waals surface area (Å²) < 4.78 is 13.0. The number of furan rings is 1. The fourth-order valence-electron chi connectivity index (χ4n) is 3.77. The Morgan fingerprint density at radius 2 is 1.97 bits per heavy atom. The molecule has 0 spiro atoms. The van der Waals surface area contributed by atoms with E-state index in [1.807, 2.05) is 19.1 Å². The van der Waals surface area contributed by atoms with E-state index in [-0.39, 0.29) is 5.63 Å². The summed E-state index contributed by atoms with van der Waals surface area (Å²) in [5.74, 6) is 2.61. The maximum Gasteiger partial charge on any atom is 0.336 e. The third kappa shape index (κ3) is 3.69. The highest BCUT2D eigenvalue weighted by atomic mass is 32.2. The van der Waals surface area contributed by atoms with Crippen molar-refractivity contribution in [3.63, 3.8) is 0 Å². The first-order chi connectivity index (χ1) is 14.4. The molecule has 0 unspecified atom stereocenters. The second kappa shape index (κ2) is 8.14. The van der Waals surface area contributed by atoms with Crippen molar-refractivity contribution in [2.75, 3.05) is 0 Å². The van der Waals surface area contributed by atoms with Gasteiger partial charge in [-0.05, 0) is 61.6 Å². The molecule has 3 heterocycles. The lowest BCUT2D eigenvalue weighted by Gasteiger charge is -2.13. The Balaban J connectivity index is 1.71. The molecule has 0 aliphatic carbocycles. The molecule has 4 rings (SSSR count). The standard InChI is InChI=1S/C23H25N3O3S/c1-6-26-22(17-7-8-28-15(17)5)24-25-23(26)30-12-16-10-21(27)29-20-9-14(4)18(13(2)3)11-19(16)20/h7-11,13H,6,12H2,1-5H3. The van der Waals surface area contributed by atoms with Crippen molar-refractivity contribution in [3.8, 4) is 11.4 Å². The van der Waals surface area contributed by atoms with Gasteiger partial charge >= 0.3 is 5.63 Å². The highest BCUT2D eigenvalue weighted by Gasteiger charge is 2.18. The molecule has 0 aliphatic heterocycles. The first-order valence-corrected chi connectivity index (χ1v) is 11.0. The minimum absolute atomic E-state index is 0.332. The van der Waals surface area contributed by atoms with Crippen molar-refractivity contribution in [2.45, 2.75) is 58.0 Å². The predicted molar refractivity (Wildman–Crippen MR) is 119 cm³/mol. The summed E-state index contributed by atoms with van der Waals surface area (Å²) in [7, 11) is 0. The van der Waals surface area contributed by atoms with Crippen molar-refractivity contribution in [3.05, 3.63) is 63.4 Å². The topological polar surface area (TPSA) is 74.1 Å². The van der Waals surface area contributed by atoms with Gasteiger partial charge in [0.15, 0.2) is 11.0 Å². The monoisotopic (exact) mass is 423 g/mol. The third-order valence-corrected chi connectivity index (χ3v) is 6.34. The van der Waals surface area contributed by atoms with Gasteiger partial charge in [0, 0.05) is 23.8 Å². The molecule has 7 heteroatoms. The Bertz CT molecular complexity index is 1270. The molecule has 0 amide bonds. The van der Waals surface area contributed by atoms with Crippen molar-refractivity contribution < 1.29 is 8.83 Å². The summed E-state index contributed by atoms with van der Waals surface area (Å²) in [6.07, 6.45) is 1.66. The van der Waals surface area contributed by atoms with Gasteiger partial charge in [0.1, 0.15) is 11.3 Å². The highest BCUT2D eigenvalue weighted by Crippen LogP contribution is 2.32. The number of thioether (sulfide) groups is 1. The fraction of sp³-hybridized carbons (Fsp3) is 0.348. The van der Waals surface area contributed by atoms with Crippen LogP contribution in [0, 0.1) is 13.8 Å². The Labute approximate surface area is 179 Å². The molecule has 0 aliphatic rings. The van der Waals surface area contributed by atoms with Crippen molar-refractivity contribution in [2.24, 2.45) is 0 Å². The molecule has 0 bridgehead atoms. The Morgan fingerprint density at radius 3 is 2.63 bits per heavy atom. The van der Waals surface area contributed by atoms with Crippen LogP contribution in [0.25, 0.3) is 22.4 Å². The second-order valence-corrected chi connectivity index (χ2v) is 8.62. The van der Waals surface area contributed by atoms with Gasteiger partial charge in [-0.3, -0.25) is 0 Å². The van der Waals surface area contributed by atoms with Gasteiger partial charge in [0.2, 0.25) is 0 Å². The van der Waals surface area contributed by atoms with Gasteiger partial charge in [-0.15, -0.1) is 10.2 Å². The number of aryl methyl sites for hydroxylation is 2. The molecule has 4 aromatic rings. The van der Waals surface area contributed by atoms with E-state index < -0.39 is 0 Å². The average molecular weight is 424 g/mol. The molecule has 0 saturated carbocycles. The fourth-order valence-corrected chi connectivity index (χ4v) is 4.77. The maximum atomic E-state index is 12.1. The van der Waals surface area contributed by atoms with Gasteiger partial charge in [0.25, 0.3) is 0 Å². The van der Waals surface area contributed by atoms with E-state index in [4.69, 9.17) is 8.83 Å². The van der Waals surface area contributed by atoms with Gasteiger partial charge in [-0.1, -0.05) is 25.6 Å². The zero-order valence-corrected chi connectivity index (χ0v) is 18.7. The Hall–Kier alpha value is -2.80. The van der Waals surface area contributed by atoms with Crippen molar-refractivity contribution >= 4 is 22.7 Å². The molecule has 0 N–H and O–H groups in total. The molecule has 0 atom stereocenters. The SMILES string of the molecule is CCn1c(SCc2cc(=O)oc3cc(C)c(C(C)C)cc23)nnc1-c1ccoc1C. The van der Waals surface area contributed by atoms with E-state index in [0.29, 0.717) is 17.3 Å². The Kier molecular flexibility index (Phi) is 5.56. The molecule has 1 aromatic carbocycles. The number of hydrogen-bond acceptors (Lipinski definition) is 6. The zero-order chi connectivity index (χ0) is 21.4. The largest absolute Gasteiger partial charge is 0.469 e. The Morgan fingerprint density at radius 1 is 1.17 bits per heavy atom. The smallest absolute Gasteiger partial charge is 0.336 e. The van der Waals surface area contributed by atoms with Crippen LogP contribution in [0.3, 0.4) is 0 Å². The lowest BCUT2D eigenvalue weighted by atomic mass is 9.95. The quantitative estimate of drug-likeness (QED) is 0.293. The number of nitrogens with zero attached hydrogens (tertiary/aromatic N) is 3. The van der Waals surface area contributed by atoms with Crippen LogP contribution in [0.15, 0.2) is 49.3 Å². The van der Waals surface area contributed by atoms with E-state index in [0.717, 1.165) is 45.4 Å². The first kappa shape index (κ1) is 20.5. The summed E-state index contributed by atoms with van der Waals surface area (Å²) in [4.78, 5) is 12.1. The van der Waals surface area contributed by atoms with E-state index in [1.165, 1.54) is 5.56 Å². The van der Waals surface area contributed by atoms with Gasteiger partial charge < -0.3 is 13.4 Å². The minimum atomic E-state index is -0.332. The van der Waals surface area contributed by atoms with Crippen LogP contribution >= 0.6 is 11.8 Å². The molecule has 0 saturated heterocycles. The average Bonchev–Trinajstić information content (AvgIpc) is 3.30. The normalized spacial score (nSPS) is 11.7. The van der Waals surface area contributed by atoms with Crippen molar-refractivity contribution in [1.82, 2.24) is 14.8 Å². The van der Waals surface area contributed by atoms with E-state index in [2.05, 4.69) is 48.5 Å². The van der Waals surface area contributed by atoms with E-state index in [1.54, 1.807) is 24.1 Å². The van der Waals surface area contributed by atoms with Crippen LogP contribution in [0.4, 0.5) is 0 Å². The molecule has 6 nitrogen and oxygen atoms in total. The zero-order valence-electron chi connectivity index (χ0n) is 17.9. The number of rotatable bonds is 6. The summed E-state index contributed by atoms with van der Waals surface area (Å²) in [6, 6.07) is 7.61. The van der Waals surface area contributed by atoms with E-state index >= 15 is 0 Å². The number of aromatic nitrogens is 3. The number of hydrogen-bond donors (Lipinski definition) is 0. The first-order valence-electron chi connectivity index (χ1n) is 10.1. The summed E-state index contributed by atoms with van der Waals surface area (Å²) in [6.45, 7) is 11.1. The van der Waals surface area contributed by atoms with Crippen LogP contribution in [-0.2, 0) is 12.3 Å². The van der Waals surface area contributed by atoms with Crippen LogP contribution < -0.4 is 5.63 Å². The molecule has 156 valence electrons. The van der Waals surface area contributed by atoms with Crippen LogP contribution in [0.5, 0.6) is 0 Å². The molecule has 3 aromatic heterocycles. The third-order valence-electron chi connectivity index (χ3n) is 5.33.